The van der Waals surface area contributed by atoms with Crippen LogP contribution in [0.5, 0.6) is 5.75 Å². The summed E-state index contributed by atoms with van der Waals surface area (Å²) in [7, 11) is 1.67. The fourth-order valence-corrected chi connectivity index (χ4v) is 5.32. The second kappa shape index (κ2) is 9.63. The van der Waals surface area contributed by atoms with Gasteiger partial charge in [-0.15, -0.1) is 0 Å². The molecule has 1 aliphatic heterocycles. The minimum absolute atomic E-state index is 0.140. The molecule has 0 saturated carbocycles. The molecule has 1 saturated heterocycles. The standard InChI is InChI=1S/C27H33ClN6O/c1-5-33-10-12-34(13-11-33)24-16-25(35-4)23(15-20(24)28)32-26-29-9-7-21(31-26)18-14-19-22(30-17-18)6-8-27(19,2)3/h7,9,14-17H,5-6,8,10-13H2,1-4H3,(H,29,31,32). The predicted octanol–water partition coefficient (Wildman–Crippen LogP) is 5.31. The smallest absolute Gasteiger partial charge is 0.227 e. The number of benzene rings is 1. The Morgan fingerprint density at radius 1 is 1.11 bits per heavy atom. The maximum absolute atomic E-state index is 6.74. The van der Waals surface area contributed by atoms with Gasteiger partial charge >= 0.3 is 0 Å². The van der Waals surface area contributed by atoms with Crippen molar-refractivity contribution >= 4 is 28.9 Å². The van der Waals surface area contributed by atoms with Crippen molar-refractivity contribution in [3.8, 4) is 17.0 Å². The zero-order valence-electron chi connectivity index (χ0n) is 20.9. The number of ether oxygens (including phenoxy) is 1. The number of halogens is 1. The molecular formula is C27H33ClN6O. The molecule has 1 aromatic carbocycles. The molecule has 2 aromatic heterocycles. The van der Waals surface area contributed by atoms with E-state index in [0.717, 1.165) is 68.2 Å². The van der Waals surface area contributed by atoms with E-state index in [1.165, 1.54) is 11.3 Å². The summed E-state index contributed by atoms with van der Waals surface area (Å²) >= 11 is 6.74. The first-order valence-electron chi connectivity index (χ1n) is 12.3. The predicted molar refractivity (Wildman–Crippen MR) is 142 cm³/mol. The second-order valence-corrected chi connectivity index (χ2v) is 10.3. The summed E-state index contributed by atoms with van der Waals surface area (Å²) in [4.78, 5) is 18.7. The Bertz CT molecular complexity index is 1220. The number of pyridine rings is 1. The monoisotopic (exact) mass is 492 g/mol. The quantitative estimate of drug-likeness (QED) is 0.500. The lowest BCUT2D eigenvalue weighted by molar-refractivity contribution is 0.271. The second-order valence-electron chi connectivity index (χ2n) is 9.92. The molecule has 3 heterocycles. The molecule has 184 valence electrons. The number of fused-ring (bicyclic) bond motifs is 1. The lowest BCUT2D eigenvalue weighted by atomic mass is 9.86. The molecule has 1 fully saturated rings. The highest BCUT2D eigenvalue weighted by atomic mass is 35.5. The van der Waals surface area contributed by atoms with E-state index in [4.69, 9.17) is 26.3 Å². The topological polar surface area (TPSA) is 66.4 Å². The summed E-state index contributed by atoms with van der Waals surface area (Å²) in [5, 5.41) is 3.99. The number of rotatable bonds is 6. The highest BCUT2D eigenvalue weighted by molar-refractivity contribution is 6.33. The van der Waals surface area contributed by atoms with Gasteiger partial charge in [0.15, 0.2) is 0 Å². The van der Waals surface area contributed by atoms with Crippen LogP contribution in [0.15, 0.2) is 36.7 Å². The van der Waals surface area contributed by atoms with Gasteiger partial charge in [-0.2, -0.15) is 0 Å². The van der Waals surface area contributed by atoms with E-state index >= 15 is 0 Å². The van der Waals surface area contributed by atoms with Crippen molar-refractivity contribution in [3.05, 3.63) is 52.9 Å². The largest absolute Gasteiger partial charge is 0.494 e. The summed E-state index contributed by atoms with van der Waals surface area (Å²) in [6.07, 6.45) is 5.83. The van der Waals surface area contributed by atoms with E-state index in [-0.39, 0.29) is 5.41 Å². The number of aryl methyl sites for hydroxylation is 1. The van der Waals surface area contributed by atoms with Crippen LogP contribution >= 0.6 is 11.6 Å². The highest BCUT2D eigenvalue weighted by Gasteiger charge is 2.31. The third-order valence-corrected chi connectivity index (χ3v) is 7.62. The molecule has 7 nitrogen and oxygen atoms in total. The number of piperazine rings is 1. The van der Waals surface area contributed by atoms with E-state index in [1.807, 2.05) is 24.4 Å². The molecule has 0 spiro atoms. The van der Waals surface area contributed by atoms with Crippen LogP contribution in [-0.2, 0) is 11.8 Å². The Morgan fingerprint density at radius 3 is 2.66 bits per heavy atom. The number of hydrogen-bond donors (Lipinski definition) is 1. The Hall–Kier alpha value is -2.90. The highest BCUT2D eigenvalue weighted by Crippen LogP contribution is 2.40. The van der Waals surface area contributed by atoms with Crippen molar-refractivity contribution in [2.75, 3.05) is 50.1 Å². The van der Waals surface area contributed by atoms with E-state index in [2.05, 4.69) is 46.9 Å². The molecule has 35 heavy (non-hydrogen) atoms. The van der Waals surface area contributed by atoms with Crippen LogP contribution in [0.25, 0.3) is 11.3 Å². The zero-order chi connectivity index (χ0) is 24.6. The van der Waals surface area contributed by atoms with Gasteiger partial charge in [0.2, 0.25) is 5.95 Å². The van der Waals surface area contributed by atoms with Crippen LogP contribution in [0.4, 0.5) is 17.3 Å². The fourth-order valence-electron chi connectivity index (χ4n) is 5.04. The molecule has 1 aliphatic carbocycles. The SMILES string of the molecule is CCN1CCN(c2cc(OC)c(Nc3nccc(-c4cnc5c(c4)C(C)(C)CC5)n3)cc2Cl)CC1. The minimum Gasteiger partial charge on any atom is -0.494 e. The van der Waals surface area contributed by atoms with Gasteiger partial charge in [0.05, 0.1) is 29.2 Å². The van der Waals surface area contributed by atoms with Crippen LogP contribution in [0, 0.1) is 0 Å². The maximum atomic E-state index is 6.74. The molecule has 0 bridgehead atoms. The van der Waals surface area contributed by atoms with Gasteiger partial charge < -0.3 is 19.9 Å². The number of likely N-dealkylation sites (N-methyl/N-ethyl adjacent to an activating group) is 1. The van der Waals surface area contributed by atoms with Crippen LogP contribution in [0.3, 0.4) is 0 Å². The van der Waals surface area contributed by atoms with Crippen molar-refractivity contribution in [2.45, 2.75) is 39.0 Å². The van der Waals surface area contributed by atoms with Gasteiger partial charge in [-0.05, 0) is 48.6 Å². The van der Waals surface area contributed by atoms with Crippen molar-refractivity contribution in [2.24, 2.45) is 0 Å². The van der Waals surface area contributed by atoms with Gasteiger partial charge in [0.25, 0.3) is 0 Å². The first-order valence-corrected chi connectivity index (χ1v) is 12.7. The Morgan fingerprint density at radius 2 is 1.91 bits per heavy atom. The number of hydrogen-bond acceptors (Lipinski definition) is 7. The van der Waals surface area contributed by atoms with E-state index in [9.17, 15) is 0 Å². The minimum atomic E-state index is 0.140. The third kappa shape index (κ3) is 4.80. The molecule has 3 aromatic rings. The average Bonchev–Trinajstić information content (AvgIpc) is 3.18. The van der Waals surface area contributed by atoms with Crippen LogP contribution in [0.1, 0.15) is 38.4 Å². The van der Waals surface area contributed by atoms with E-state index in [1.54, 1.807) is 13.3 Å². The first-order chi connectivity index (χ1) is 16.9. The number of nitrogens with one attached hydrogen (secondary N) is 1. The van der Waals surface area contributed by atoms with Gasteiger partial charge in [-0.25, -0.2) is 9.97 Å². The molecule has 1 N–H and O–H groups in total. The van der Waals surface area contributed by atoms with Crippen molar-refractivity contribution in [1.82, 2.24) is 19.9 Å². The summed E-state index contributed by atoms with van der Waals surface area (Å²) in [5.41, 5.74) is 6.20. The molecule has 2 aliphatic rings. The number of methoxy groups -OCH3 is 1. The lowest BCUT2D eigenvalue weighted by Crippen LogP contribution is -2.46. The van der Waals surface area contributed by atoms with Gasteiger partial charge in [0.1, 0.15) is 5.75 Å². The zero-order valence-corrected chi connectivity index (χ0v) is 21.7. The van der Waals surface area contributed by atoms with Crippen molar-refractivity contribution < 1.29 is 4.74 Å². The third-order valence-electron chi connectivity index (χ3n) is 7.31. The number of nitrogens with zero attached hydrogens (tertiary/aromatic N) is 5. The average molecular weight is 493 g/mol. The van der Waals surface area contributed by atoms with Crippen LogP contribution in [-0.4, -0.2) is 59.7 Å². The molecule has 0 radical (unpaired) electrons. The van der Waals surface area contributed by atoms with Gasteiger partial charge in [-0.1, -0.05) is 32.4 Å². The Balaban J connectivity index is 1.39. The summed E-state index contributed by atoms with van der Waals surface area (Å²) < 4.78 is 5.71. The van der Waals surface area contributed by atoms with E-state index in [0.29, 0.717) is 16.7 Å². The Kier molecular flexibility index (Phi) is 6.55. The molecule has 0 amide bonds. The number of aromatic nitrogens is 3. The lowest BCUT2D eigenvalue weighted by Gasteiger charge is -2.36. The molecule has 5 rings (SSSR count). The van der Waals surface area contributed by atoms with Crippen LogP contribution < -0.4 is 15.0 Å². The fraction of sp³-hybridized carbons (Fsp3) is 0.444. The number of anilines is 3. The molecule has 0 atom stereocenters. The summed E-state index contributed by atoms with van der Waals surface area (Å²) in [6, 6.07) is 8.05. The maximum Gasteiger partial charge on any atom is 0.227 e. The molecular weight excluding hydrogens is 460 g/mol. The summed E-state index contributed by atoms with van der Waals surface area (Å²) in [6.45, 7) is 11.8. The molecule has 0 unspecified atom stereocenters. The van der Waals surface area contributed by atoms with Crippen LogP contribution in [0.2, 0.25) is 5.02 Å². The van der Waals surface area contributed by atoms with Crippen molar-refractivity contribution in [3.63, 3.8) is 0 Å². The Labute approximate surface area is 212 Å². The normalized spacial score (nSPS) is 17.3. The van der Waals surface area contributed by atoms with E-state index < -0.39 is 0 Å². The molecule has 8 heteroatoms. The van der Waals surface area contributed by atoms with Gasteiger partial charge in [0, 0.05) is 55.9 Å². The van der Waals surface area contributed by atoms with Crippen molar-refractivity contribution in [1.29, 1.82) is 0 Å². The first kappa shape index (κ1) is 23.8. The van der Waals surface area contributed by atoms with Gasteiger partial charge in [-0.3, -0.25) is 4.98 Å². The summed E-state index contributed by atoms with van der Waals surface area (Å²) in [5.74, 6) is 1.19.